The lowest BCUT2D eigenvalue weighted by molar-refractivity contribution is -0.145. The number of rotatable bonds is 6. The van der Waals surface area contributed by atoms with Gasteiger partial charge in [0.25, 0.3) is 0 Å². The van der Waals surface area contributed by atoms with E-state index in [1.165, 1.54) is 0 Å². The second-order valence-corrected chi connectivity index (χ2v) is 4.59. The summed E-state index contributed by atoms with van der Waals surface area (Å²) >= 11 is 0. The van der Waals surface area contributed by atoms with Crippen molar-refractivity contribution in [3.05, 3.63) is 71.8 Å². The SMILES string of the molecule is O=C(Cc1ccccc1)NCC(=O)OCc1ccccc1. The minimum atomic E-state index is -0.444. The lowest BCUT2D eigenvalue weighted by Crippen LogP contribution is -2.31. The van der Waals surface area contributed by atoms with Gasteiger partial charge in [-0.25, -0.2) is 0 Å². The number of ether oxygens (including phenoxy) is 1. The molecule has 0 atom stereocenters. The molecule has 0 bridgehead atoms. The molecule has 4 nitrogen and oxygen atoms in total. The van der Waals surface area contributed by atoms with Crippen molar-refractivity contribution < 1.29 is 14.3 Å². The maximum Gasteiger partial charge on any atom is 0.325 e. The van der Waals surface area contributed by atoms with Crippen LogP contribution in [0.1, 0.15) is 11.1 Å². The lowest BCUT2D eigenvalue weighted by atomic mass is 10.1. The average Bonchev–Trinajstić information content (AvgIpc) is 2.53. The Balaban J connectivity index is 1.68. The topological polar surface area (TPSA) is 55.4 Å². The predicted octanol–water partition coefficient (Wildman–Crippen LogP) is 2.09. The van der Waals surface area contributed by atoms with E-state index in [4.69, 9.17) is 4.74 Å². The molecule has 2 rings (SSSR count). The fourth-order valence-corrected chi connectivity index (χ4v) is 1.80. The summed E-state index contributed by atoms with van der Waals surface area (Å²) in [7, 11) is 0. The number of amides is 1. The minimum absolute atomic E-state index is 0.113. The Bertz CT molecular complexity index is 581. The van der Waals surface area contributed by atoms with Gasteiger partial charge in [0.05, 0.1) is 6.42 Å². The van der Waals surface area contributed by atoms with Crippen molar-refractivity contribution in [3.63, 3.8) is 0 Å². The first-order chi connectivity index (χ1) is 10.2. The highest BCUT2D eigenvalue weighted by Gasteiger charge is 2.07. The summed E-state index contributed by atoms with van der Waals surface area (Å²) in [6, 6.07) is 18.8. The molecule has 4 heteroatoms. The van der Waals surface area contributed by atoms with Crippen molar-refractivity contribution in [3.8, 4) is 0 Å². The molecule has 0 saturated heterocycles. The molecule has 0 aliphatic carbocycles. The Labute approximate surface area is 123 Å². The van der Waals surface area contributed by atoms with Crippen molar-refractivity contribution in [1.82, 2.24) is 5.32 Å². The van der Waals surface area contributed by atoms with Gasteiger partial charge in [0, 0.05) is 0 Å². The van der Waals surface area contributed by atoms with Gasteiger partial charge in [0.2, 0.25) is 5.91 Å². The summed E-state index contributed by atoms with van der Waals surface area (Å²) in [5, 5.41) is 2.55. The van der Waals surface area contributed by atoms with E-state index < -0.39 is 5.97 Å². The molecule has 2 aromatic carbocycles. The fraction of sp³-hybridized carbons (Fsp3) is 0.176. The second kappa shape index (κ2) is 7.85. The third-order valence-corrected chi connectivity index (χ3v) is 2.88. The van der Waals surface area contributed by atoms with Crippen molar-refractivity contribution in [1.29, 1.82) is 0 Å². The van der Waals surface area contributed by atoms with Gasteiger partial charge in [-0.3, -0.25) is 9.59 Å². The largest absolute Gasteiger partial charge is 0.460 e. The lowest BCUT2D eigenvalue weighted by Gasteiger charge is -2.06. The molecule has 21 heavy (non-hydrogen) atoms. The van der Waals surface area contributed by atoms with Crippen molar-refractivity contribution in [2.24, 2.45) is 0 Å². The van der Waals surface area contributed by atoms with Crippen molar-refractivity contribution in [2.45, 2.75) is 13.0 Å². The quantitative estimate of drug-likeness (QED) is 0.826. The van der Waals surface area contributed by atoms with Gasteiger partial charge in [0.15, 0.2) is 0 Å². The van der Waals surface area contributed by atoms with E-state index in [2.05, 4.69) is 5.32 Å². The van der Waals surface area contributed by atoms with Crippen LogP contribution in [-0.4, -0.2) is 18.4 Å². The Kier molecular flexibility index (Phi) is 5.52. The van der Waals surface area contributed by atoms with Gasteiger partial charge in [-0.2, -0.15) is 0 Å². The molecule has 0 saturated carbocycles. The number of carbonyl (C=O) groups excluding carboxylic acids is 2. The maximum absolute atomic E-state index is 11.7. The first-order valence-corrected chi connectivity index (χ1v) is 6.74. The Morgan fingerprint density at radius 2 is 1.43 bits per heavy atom. The number of carbonyl (C=O) groups is 2. The molecular formula is C17H17NO3. The first kappa shape index (κ1) is 14.8. The second-order valence-electron chi connectivity index (χ2n) is 4.59. The summed E-state index contributed by atoms with van der Waals surface area (Å²) in [4.78, 5) is 23.2. The predicted molar refractivity (Wildman–Crippen MR) is 79.4 cm³/mol. The van der Waals surface area contributed by atoms with E-state index in [0.717, 1.165) is 11.1 Å². The van der Waals surface area contributed by atoms with Crippen LogP contribution in [0.5, 0.6) is 0 Å². The number of benzene rings is 2. The third kappa shape index (κ3) is 5.48. The van der Waals surface area contributed by atoms with Crippen LogP contribution in [0, 0.1) is 0 Å². The van der Waals surface area contributed by atoms with Crippen molar-refractivity contribution >= 4 is 11.9 Å². The van der Waals surface area contributed by atoms with Crippen LogP contribution in [0.2, 0.25) is 0 Å². The van der Waals surface area contributed by atoms with E-state index in [-0.39, 0.29) is 25.5 Å². The molecule has 0 aliphatic heterocycles. The normalized spacial score (nSPS) is 9.90. The van der Waals surface area contributed by atoms with E-state index in [1.54, 1.807) is 0 Å². The molecule has 0 unspecified atom stereocenters. The highest BCUT2D eigenvalue weighted by atomic mass is 16.5. The molecule has 1 amide bonds. The highest BCUT2D eigenvalue weighted by molar-refractivity contribution is 5.83. The van der Waals surface area contributed by atoms with Crippen molar-refractivity contribution in [2.75, 3.05) is 6.54 Å². The van der Waals surface area contributed by atoms with Crippen LogP contribution < -0.4 is 5.32 Å². The number of hydrogen-bond donors (Lipinski definition) is 1. The summed E-state index contributed by atoms with van der Waals surface area (Å²) in [5.74, 6) is -0.641. The summed E-state index contributed by atoms with van der Waals surface area (Å²) in [6.07, 6.45) is 0.257. The molecule has 0 heterocycles. The average molecular weight is 283 g/mol. The molecule has 108 valence electrons. The molecular weight excluding hydrogens is 266 g/mol. The van der Waals surface area contributed by atoms with Gasteiger partial charge in [-0.1, -0.05) is 60.7 Å². The van der Waals surface area contributed by atoms with Crippen LogP contribution in [0.4, 0.5) is 0 Å². The number of nitrogens with one attached hydrogen (secondary N) is 1. The monoisotopic (exact) mass is 283 g/mol. The zero-order valence-electron chi connectivity index (χ0n) is 11.6. The van der Waals surface area contributed by atoms with Gasteiger partial charge in [0.1, 0.15) is 13.2 Å². The molecule has 2 aromatic rings. The van der Waals surface area contributed by atoms with Crippen LogP contribution in [-0.2, 0) is 27.4 Å². The molecule has 0 spiro atoms. The Hall–Kier alpha value is -2.62. The van der Waals surface area contributed by atoms with Crippen LogP contribution >= 0.6 is 0 Å². The zero-order valence-corrected chi connectivity index (χ0v) is 11.6. The summed E-state index contributed by atoms with van der Waals surface area (Å²) in [6.45, 7) is 0.104. The Morgan fingerprint density at radius 3 is 2.05 bits per heavy atom. The van der Waals surface area contributed by atoms with Gasteiger partial charge in [-0.05, 0) is 11.1 Å². The highest BCUT2D eigenvalue weighted by Crippen LogP contribution is 2.01. The zero-order chi connectivity index (χ0) is 14.9. The summed E-state index contributed by atoms with van der Waals surface area (Å²) in [5.41, 5.74) is 1.83. The molecule has 0 fully saturated rings. The van der Waals surface area contributed by atoms with E-state index in [0.29, 0.717) is 0 Å². The van der Waals surface area contributed by atoms with Crippen LogP contribution in [0.25, 0.3) is 0 Å². The van der Waals surface area contributed by atoms with Crippen LogP contribution in [0.3, 0.4) is 0 Å². The molecule has 0 aromatic heterocycles. The molecule has 1 N–H and O–H groups in total. The summed E-state index contributed by atoms with van der Waals surface area (Å²) < 4.78 is 5.08. The molecule has 0 radical (unpaired) electrons. The molecule has 0 aliphatic rings. The van der Waals surface area contributed by atoms with Gasteiger partial charge in [-0.15, -0.1) is 0 Å². The smallest absolute Gasteiger partial charge is 0.325 e. The fourth-order valence-electron chi connectivity index (χ4n) is 1.80. The van der Waals surface area contributed by atoms with Crippen LogP contribution in [0.15, 0.2) is 60.7 Å². The van der Waals surface area contributed by atoms with E-state index in [1.807, 2.05) is 60.7 Å². The minimum Gasteiger partial charge on any atom is -0.460 e. The maximum atomic E-state index is 11.7. The Morgan fingerprint density at radius 1 is 0.857 bits per heavy atom. The van der Waals surface area contributed by atoms with E-state index in [9.17, 15) is 9.59 Å². The standard InChI is InChI=1S/C17H17NO3/c19-16(11-14-7-3-1-4-8-14)18-12-17(20)21-13-15-9-5-2-6-10-15/h1-10H,11-13H2,(H,18,19). The van der Waals surface area contributed by atoms with Gasteiger partial charge < -0.3 is 10.1 Å². The number of hydrogen-bond acceptors (Lipinski definition) is 3. The first-order valence-electron chi connectivity index (χ1n) is 6.74. The third-order valence-electron chi connectivity index (χ3n) is 2.88. The van der Waals surface area contributed by atoms with E-state index >= 15 is 0 Å². The number of esters is 1. The van der Waals surface area contributed by atoms with Gasteiger partial charge >= 0.3 is 5.97 Å².